The first kappa shape index (κ1) is 14.7. The Balaban J connectivity index is 1.94. The zero-order valence-corrected chi connectivity index (χ0v) is 11.6. The average molecular weight is 285 g/mol. The summed E-state index contributed by atoms with van der Waals surface area (Å²) in [7, 11) is 1.42. The number of nitriles is 1. The van der Waals surface area contributed by atoms with Gasteiger partial charge in [0.05, 0.1) is 18.1 Å². The van der Waals surface area contributed by atoms with Gasteiger partial charge in [-0.1, -0.05) is 12.1 Å². The first-order valence-electron chi connectivity index (χ1n) is 6.60. The Bertz CT molecular complexity index is 616. The smallest absolute Gasteiger partial charge is 0.251 e. The van der Waals surface area contributed by atoms with Crippen molar-refractivity contribution in [2.75, 3.05) is 7.05 Å². The van der Waals surface area contributed by atoms with Crippen LogP contribution in [0.25, 0.3) is 0 Å². The predicted octanol–water partition coefficient (Wildman–Crippen LogP) is 0.364. The number of likely N-dealkylation sites (tertiary alicyclic amines) is 1. The van der Waals surface area contributed by atoms with Gasteiger partial charge in [0, 0.05) is 13.5 Å². The van der Waals surface area contributed by atoms with Crippen molar-refractivity contribution < 1.29 is 14.4 Å². The molecule has 0 radical (unpaired) electrons. The number of hydrogen-bond acceptors (Lipinski definition) is 4. The molecule has 1 aliphatic heterocycles. The van der Waals surface area contributed by atoms with Crippen molar-refractivity contribution in [3.05, 3.63) is 35.4 Å². The van der Waals surface area contributed by atoms with Crippen molar-refractivity contribution in [1.29, 1.82) is 5.26 Å². The number of likely N-dealkylation sites (N-methyl/N-ethyl adjacent to an activating group) is 1. The Labute approximate surface area is 122 Å². The van der Waals surface area contributed by atoms with Crippen molar-refractivity contribution in [2.45, 2.75) is 25.3 Å². The highest BCUT2D eigenvalue weighted by Gasteiger charge is 2.32. The van der Waals surface area contributed by atoms with E-state index in [2.05, 4.69) is 5.32 Å². The second kappa shape index (κ2) is 6.18. The van der Waals surface area contributed by atoms with E-state index in [4.69, 9.17) is 5.26 Å². The minimum absolute atomic E-state index is 0.132. The van der Waals surface area contributed by atoms with E-state index in [0.29, 0.717) is 12.0 Å². The molecule has 0 saturated carbocycles. The van der Waals surface area contributed by atoms with E-state index >= 15 is 0 Å². The number of imide groups is 1. The topological polar surface area (TPSA) is 90.3 Å². The molecule has 1 saturated heterocycles. The molecule has 108 valence electrons. The van der Waals surface area contributed by atoms with Gasteiger partial charge in [-0.25, -0.2) is 0 Å². The molecule has 0 aromatic heterocycles. The zero-order valence-electron chi connectivity index (χ0n) is 11.6. The van der Waals surface area contributed by atoms with Crippen LogP contribution in [0.3, 0.4) is 0 Å². The highest BCUT2D eigenvalue weighted by Crippen LogP contribution is 2.12. The van der Waals surface area contributed by atoms with Gasteiger partial charge in [0.25, 0.3) is 5.91 Å². The summed E-state index contributed by atoms with van der Waals surface area (Å²) in [5, 5.41) is 11.4. The standard InChI is InChI=1S/C15H15N3O3/c1-18-14(20)7-6-12(15(18)21)17-13(19)8-10-2-4-11(9-16)5-3-10/h2-5,12H,6-8H2,1H3,(H,17,19). The summed E-state index contributed by atoms with van der Waals surface area (Å²) in [6.45, 7) is 0. The van der Waals surface area contributed by atoms with Crippen LogP contribution < -0.4 is 5.32 Å². The zero-order chi connectivity index (χ0) is 15.4. The molecule has 1 aromatic rings. The van der Waals surface area contributed by atoms with E-state index in [-0.39, 0.29) is 30.6 Å². The highest BCUT2D eigenvalue weighted by atomic mass is 16.2. The van der Waals surface area contributed by atoms with E-state index < -0.39 is 6.04 Å². The second-order valence-corrected chi connectivity index (χ2v) is 4.94. The van der Waals surface area contributed by atoms with Crippen LogP contribution >= 0.6 is 0 Å². The predicted molar refractivity (Wildman–Crippen MR) is 73.8 cm³/mol. The van der Waals surface area contributed by atoms with Crippen LogP contribution in [0.1, 0.15) is 24.0 Å². The molecule has 0 bridgehead atoms. The Morgan fingerprint density at radius 3 is 2.67 bits per heavy atom. The Morgan fingerprint density at radius 2 is 2.05 bits per heavy atom. The highest BCUT2D eigenvalue weighted by molar-refractivity contribution is 6.01. The van der Waals surface area contributed by atoms with Gasteiger partial charge in [-0.15, -0.1) is 0 Å². The first-order chi connectivity index (χ1) is 10.0. The third-order valence-corrected chi connectivity index (χ3v) is 3.43. The summed E-state index contributed by atoms with van der Waals surface area (Å²) in [6.07, 6.45) is 0.721. The van der Waals surface area contributed by atoms with Crippen LogP contribution in [-0.4, -0.2) is 35.7 Å². The summed E-state index contributed by atoms with van der Waals surface area (Å²) < 4.78 is 0. The van der Waals surface area contributed by atoms with Crippen molar-refractivity contribution in [1.82, 2.24) is 10.2 Å². The molecule has 21 heavy (non-hydrogen) atoms. The third-order valence-electron chi connectivity index (χ3n) is 3.43. The molecular formula is C15H15N3O3. The summed E-state index contributed by atoms with van der Waals surface area (Å²) >= 11 is 0. The molecule has 1 unspecified atom stereocenters. The van der Waals surface area contributed by atoms with Crippen LogP contribution in [0.4, 0.5) is 0 Å². The van der Waals surface area contributed by atoms with Gasteiger partial charge in [0.15, 0.2) is 0 Å². The van der Waals surface area contributed by atoms with Crippen LogP contribution in [0, 0.1) is 11.3 Å². The molecule has 6 heteroatoms. The summed E-state index contributed by atoms with van der Waals surface area (Å²) in [5.74, 6) is -0.877. The van der Waals surface area contributed by atoms with Gasteiger partial charge in [0.1, 0.15) is 6.04 Å². The summed E-state index contributed by atoms with van der Waals surface area (Å²) in [5.41, 5.74) is 1.29. The summed E-state index contributed by atoms with van der Waals surface area (Å²) in [4.78, 5) is 36.2. The molecule has 1 fully saturated rings. The van der Waals surface area contributed by atoms with E-state index in [1.54, 1.807) is 24.3 Å². The molecule has 1 aliphatic rings. The van der Waals surface area contributed by atoms with E-state index in [9.17, 15) is 14.4 Å². The molecule has 1 aromatic carbocycles. The fraction of sp³-hybridized carbons (Fsp3) is 0.333. The Morgan fingerprint density at radius 1 is 1.38 bits per heavy atom. The average Bonchev–Trinajstić information content (AvgIpc) is 2.49. The largest absolute Gasteiger partial charge is 0.344 e. The number of benzene rings is 1. The second-order valence-electron chi connectivity index (χ2n) is 4.94. The SMILES string of the molecule is CN1C(=O)CCC(NC(=O)Cc2ccc(C#N)cc2)C1=O. The number of carbonyl (C=O) groups excluding carboxylic acids is 3. The van der Waals surface area contributed by atoms with Gasteiger partial charge in [-0.3, -0.25) is 19.3 Å². The normalized spacial score (nSPS) is 18.3. The first-order valence-corrected chi connectivity index (χ1v) is 6.60. The van der Waals surface area contributed by atoms with Gasteiger partial charge in [0.2, 0.25) is 11.8 Å². The van der Waals surface area contributed by atoms with Crippen molar-refractivity contribution in [3.63, 3.8) is 0 Å². The third kappa shape index (κ3) is 3.45. The molecule has 1 atom stereocenters. The maximum Gasteiger partial charge on any atom is 0.251 e. The van der Waals surface area contributed by atoms with Crippen LogP contribution in [-0.2, 0) is 20.8 Å². The van der Waals surface area contributed by atoms with Crippen LogP contribution in [0.2, 0.25) is 0 Å². The van der Waals surface area contributed by atoms with Gasteiger partial charge >= 0.3 is 0 Å². The number of hydrogen-bond donors (Lipinski definition) is 1. The monoisotopic (exact) mass is 285 g/mol. The minimum atomic E-state index is -0.640. The van der Waals surface area contributed by atoms with Crippen LogP contribution in [0.15, 0.2) is 24.3 Å². The molecule has 2 rings (SSSR count). The van der Waals surface area contributed by atoms with E-state index in [1.165, 1.54) is 7.05 Å². The molecule has 6 nitrogen and oxygen atoms in total. The lowest BCUT2D eigenvalue weighted by Crippen LogP contribution is -2.53. The fourth-order valence-corrected chi connectivity index (χ4v) is 2.18. The van der Waals surface area contributed by atoms with E-state index in [0.717, 1.165) is 10.5 Å². The lowest BCUT2D eigenvalue weighted by molar-refractivity contribution is -0.149. The van der Waals surface area contributed by atoms with Gasteiger partial charge in [-0.05, 0) is 24.1 Å². The molecule has 0 spiro atoms. The fourth-order valence-electron chi connectivity index (χ4n) is 2.18. The van der Waals surface area contributed by atoms with E-state index in [1.807, 2.05) is 6.07 Å². The number of carbonyl (C=O) groups is 3. The number of nitrogens with one attached hydrogen (secondary N) is 1. The van der Waals surface area contributed by atoms with Gasteiger partial charge < -0.3 is 5.32 Å². The number of nitrogens with zero attached hydrogens (tertiary/aromatic N) is 2. The maximum atomic E-state index is 11.9. The molecule has 1 heterocycles. The minimum Gasteiger partial charge on any atom is -0.344 e. The van der Waals surface area contributed by atoms with Crippen LogP contribution in [0.5, 0.6) is 0 Å². The summed E-state index contributed by atoms with van der Waals surface area (Å²) in [6, 6.07) is 8.05. The molecular weight excluding hydrogens is 270 g/mol. The van der Waals surface area contributed by atoms with Crippen molar-refractivity contribution in [3.8, 4) is 6.07 Å². The quantitative estimate of drug-likeness (QED) is 0.812. The Kier molecular flexibility index (Phi) is 4.33. The van der Waals surface area contributed by atoms with Crippen molar-refractivity contribution >= 4 is 17.7 Å². The molecule has 0 aliphatic carbocycles. The molecule has 3 amide bonds. The van der Waals surface area contributed by atoms with Crippen molar-refractivity contribution in [2.24, 2.45) is 0 Å². The molecule has 1 N–H and O–H groups in total. The number of amides is 3. The lowest BCUT2D eigenvalue weighted by atomic mass is 10.0. The lowest BCUT2D eigenvalue weighted by Gasteiger charge is -2.28. The number of rotatable bonds is 3. The maximum absolute atomic E-state index is 11.9. The van der Waals surface area contributed by atoms with Gasteiger partial charge in [-0.2, -0.15) is 5.26 Å². The Hall–Kier alpha value is -2.68. The number of piperidine rings is 1.